The number of allylic oxidation sites excluding steroid dienone is 5. The molecule has 1 aliphatic carbocycles. The van der Waals surface area contributed by atoms with Gasteiger partial charge in [0.25, 0.3) is 0 Å². The monoisotopic (exact) mass is 176 g/mol. The quantitative estimate of drug-likeness (QED) is 0.434. The maximum atomic E-state index is 11.0. The molecule has 0 radical (unpaired) electrons. The van der Waals surface area contributed by atoms with Crippen LogP contribution in [0, 0.1) is 10.1 Å². The number of hydrogen-bond acceptors (Lipinski definition) is 3. The normalized spacial score (nSPS) is 19.1. The first-order valence-electron chi connectivity index (χ1n) is 3.56. The Hall–Kier alpha value is -2.04. The highest BCUT2D eigenvalue weighted by molar-refractivity contribution is 6.21. The van der Waals surface area contributed by atoms with Crippen molar-refractivity contribution >= 4 is 11.6 Å². The van der Waals surface area contributed by atoms with Crippen molar-refractivity contribution in [1.29, 1.82) is 0 Å². The molecule has 0 atom stereocenters. The molecule has 2 aliphatic rings. The van der Waals surface area contributed by atoms with Gasteiger partial charge in [-0.15, -0.1) is 0 Å². The van der Waals surface area contributed by atoms with Crippen LogP contribution in [0.4, 0.5) is 0 Å². The molecule has 0 aromatic rings. The van der Waals surface area contributed by atoms with Gasteiger partial charge in [0.1, 0.15) is 0 Å². The predicted molar refractivity (Wildman–Crippen MR) is 44.7 cm³/mol. The zero-order valence-electron chi connectivity index (χ0n) is 6.43. The summed E-state index contributed by atoms with van der Waals surface area (Å²) in [5, 5.41) is 10.4. The van der Waals surface area contributed by atoms with Crippen LogP contribution in [0.1, 0.15) is 0 Å². The number of nitro groups is 1. The number of fused-ring (bicyclic) bond motifs is 1. The van der Waals surface area contributed by atoms with Crippen molar-refractivity contribution in [2.24, 2.45) is 4.99 Å². The van der Waals surface area contributed by atoms with E-state index in [-0.39, 0.29) is 0 Å². The van der Waals surface area contributed by atoms with Crippen LogP contribution in [-0.4, -0.2) is 16.5 Å². The molecule has 0 spiro atoms. The van der Waals surface area contributed by atoms with E-state index in [0.29, 0.717) is 11.3 Å². The Labute approximate surface area is 72.9 Å². The summed E-state index contributed by atoms with van der Waals surface area (Å²) in [6.45, 7) is 0. The van der Waals surface area contributed by atoms with Crippen LogP contribution < -0.4 is 0 Å². The van der Waals surface area contributed by atoms with Crippen molar-refractivity contribution in [2.75, 3.05) is 0 Å². The molecule has 1 aliphatic heterocycles. The molecule has 64 valence electrons. The molecule has 5 nitrogen and oxygen atoms in total. The van der Waals surface area contributed by atoms with Gasteiger partial charge >= 0.3 is 11.6 Å². The summed E-state index contributed by atoms with van der Waals surface area (Å²) >= 11 is 0. The first-order chi connectivity index (χ1) is 6.18. The van der Waals surface area contributed by atoms with Crippen molar-refractivity contribution in [3.63, 3.8) is 0 Å². The summed E-state index contributed by atoms with van der Waals surface area (Å²) in [5.74, 6) is -0.788. The van der Waals surface area contributed by atoms with Gasteiger partial charge in [0.15, 0.2) is 0 Å². The lowest BCUT2D eigenvalue weighted by molar-refractivity contribution is -0.418. The summed E-state index contributed by atoms with van der Waals surface area (Å²) < 4.78 is 0. The molecule has 0 aromatic carbocycles. The summed E-state index contributed by atoms with van der Waals surface area (Å²) in [6.07, 6.45) is 6.25. The molecule has 0 N–H and O–H groups in total. The molecule has 0 saturated carbocycles. The Morgan fingerprint density at radius 2 is 2.23 bits per heavy atom. The van der Waals surface area contributed by atoms with Crippen molar-refractivity contribution < 1.29 is 9.72 Å². The molecular weight excluding hydrogens is 172 g/mol. The fourth-order valence-corrected chi connectivity index (χ4v) is 1.15. The lowest BCUT2D eigenvalue weighted by Crippen LogP contribution is -2.16. The van der Waals surface area contributed by atoms with Crippen LogP contribution in [-0.2, 0) is 4.79 Å². The third kappa shape index (κ3) is 1.10. The average molecular weight is 176 g/mol. The molecule has 1 amide bonds. The zero-order valence-corrected chi connectivity index (χ0v) is 6.43. The van der Waals surface area contributed by atoms with Crippen LogP contribution in [0.15, 0.2) is 40.6 Å². The second-order valence-corrected chi connectivity index (χ2v) is 2.57. The highest BCUT2D eigenvalue weighted by Crippen LogP contribution is 2.18. The van der Waals surface area contributed by atoms with E-state index < -0.39 is 16.5 Å². The fourth-order valence-electron chi connectivity index (χ4n) is 1.15. The molecule has 0 unspecified atom stereocenters. The highest BCUT2D eigenvalue weighted by Gasteiger charge is 2.28. The van der Waals surface area contributed by atoms with Crippen molar-refractivity contribution in [1.82, 2.24) is 0 Å². The topological polar surface area (TPSA) is 72.6 Å². The van der Waals surface area contributed by atoms with E-state index in [1.807, 2.05) is 0 Å². The lowest BCUT2D eigenvalue weighted by atomic mass is 10.1. The van der Waals surface area contributed by atoms with E-state index in [9.17, 15) is 14.9 Å². The van der Waals surface area contributed by atoms with E-state index in [1.165, 1.54) is 6.08 Å². The summed E-state index contributed by atoms with van der Waals surface area (Å²) in [5.41, 5.74) is 0.639. The molecule has 2 rings (SSSR count). The van der Waals surface area contributed by atoms with Crippen molar-refractivity contribution in [3.8, 4) is 0 Å². The number of hydrogen-bond donors (Lipinski definition) is 0. The SMILES string of the molecule is O=C1N=C2C=CC=C2C=C1[N+](=O)[O-]. The predicted octanol–water partition coefficient (Wildman–Crippen LogP) is 0.624. The Morgan fingerprint density at radius 3 is 2.92 bits per heavy atom. The average Bonchev–Trinajstić information content (AvgIpc) is 2.48. The Morgan fingerprint density at radius 1 is 1.46 bits per heavy atom. The van der Waals surface area contributed by atoms with Gasteiger partial charge in [0, 0.05) is 11.6 Å². The van der Waals surface area contributed by atoms with Gasteiger partial charge in [-0.1, -0.05) is 12.2 Å². The van der Waals surface area contributed by atoms with Crippen LogP contribution in [0.3, 0.4) is 0 Å². The van der Waals surface area contributed by atoms with E-state index in [4.69, 9.17) is 0 Å². The van der Waals surface area contributed by atoms with Crippen LogP contribution >= 0.6 is 0 Å². The van der Waals surface area contributed by atoms with Gasteiger partial charge < -0.3 is 0 Å². The number of amides is 1. The number of dihydropyridines is 1. The van der Waals surface area contributed by atoms with Gasteiger partial charge in [-0.25, -0.2) is 4.99 Å². The fraction of sp³-hybridized carbons (Fsp3) is 0. The molecule has 0 fully saturated rings. The van der Waals surface area contributed by atoms with Crippen LogP contribution in [0.25, 0.3) is 0 Å². The number of carbonyl (C=O) groups is 1. The van der Waals surface area contributed by atoms with Gasteiger partial charge in [0.05, 0.1) is 10.6 Å². The minimum atomic E-state index is -0.788. The second kappa shape index (κ2) is 2.48. The van der Waals surface area contributed by atoms with E-state index in [2.05, 4.69) is 4.99 Å². The van der Waals surface area contributed by atoms with Crippen molar-refractivity contribution in [3.05, 3.63) is 45.7 Å². The van der Waals surface area contributed by atoms with Crippen LogP contribution in [0.2, 0.25) is 0 Å². The van der Waals surface area contributed by atoms with Gasteiger partial charge in [-0.3, -0.25) is 14.9 Å². The maximum absolute atomic E-state index is 11.0. The minimum Gasteiger partial charge on any atom is -0.259 e. The first-order valence-corrected chi connectivity index (χ1v) is 3.56. The minimum absolute atomic E-state index is 0.473. The summed E-state index contributed by atoms with van der Waals surface area (Å²) in [7, 11) is 0. The molecule has 5 heteroatoms. The van der Waals surface area contributed by atoms with Gasteiger partial charge in [-0.2, -0.15) is 0 Å². The number of carbonyl (C=O) groups excluding carboxylic acids is 1. The van der Waals surface area contributed by atoms with Crippen LogP contribution in [0.5, 0.6) is 0 Å². The molecule has 0 aromatic heterocycles. The van der Waals surface area contributed by atoms with Crippen molar-refractivity contribution in [2.45, 2.75) is 0 Å². The maximum Gasteiger partial charge on any atom is 0.348 e. The summed E-state index contributed by atoms with van der Waals surface area (Å²) in [6, 6.07) is 0. The third-order valence-corrected chi connectivity index (χ3v) is 1.76. The van der Waals surface area contributed by atoms with Gasteiger partial charge in [0.2, 0.25) is 0 Å². The number of aliphatic imine (C=N–C) groups is 1. The highest BCUT2D eigenvalue weighted by atomic mass is 16.6. The molecule has 1 heterocycles. The molecule has 0 saturated heterocycles. The first kappa shape index (κ1) is 7.60. The number of nitrogens with zero attached hydrogens (tertiary/aromatic N) is 2. The lowest BCUT2D eigenvalue weighted by Gasteiger charge is -2.03. The van der Waals surface area contributed by atoms with E-state index in [0.717, 1.165) is 0 Å². The Balaban J connectivity index is 2.47. The Kier molecular flexibility index (Phi) is 1.45. The summed E-state index contributed by atoms with van der Waals surface area (Å²) in [4.78, 5) is 24.2. The van der Waals surface area contributed by atoms with Gasteiger partial charge in [-0.05, 0) is 6.08 Å². The molecular formula is C8H4N2O3. The Bertz CT molecular complexity index is 427. The smallest absolute Gasteiger partial charge is 0.259 e. The molecule has 13 heavy (non-hydrogen) atoms. The number of rotatable bonds is 1. The largest absolute Gasteiger partial charge is 0.348 e. The second-order valence-electron chi connectivity index (χ2n) is 2.57. The molecule has 0 bridgehead atoms. The zero-order chi connectivity index (χ0) is 9.42. The van der Waals surface area contributed by atoms with E-state index >= 15 is 0 Å². The van der Waals surface area contributed by atoms with E-state index in [1.54, 1.807) is 18.2 Å². The standard InChI is InChI=1S/C8H4N2O3/c11-8-7(10(12)13)4-5-2-1-3-6(5)9-8/h1-4H. The third-order valence-electron chi connectivity index (χ3n) is 1.76.